The van der Waals surface area contributed by atoms with Crippen LogP contribution in [0.15, 0.2) is 36.4 Å². The number of rotatable bonds is 4. The lowest BCUT2D eigenvalue weighted by Gasteiger charge is -2.11. The molecule has 1 heterocycles. The van der Waals surface area contributed by atoms with Gasteiger partial charge in [0.1, 0.15) is 16.8 Å². The van der Waals surface area contributed by atoms with Crippen molar-refractivity contribution < 1.29 is 4.74 Å². The summed E-state index contributed by atoms with van der Waals surface area (Å²) in [5.74, 6) is 1.21. The van der Waals surface area contributed by atoms with Crippen molar-refractivity contribution in [3.63, 3.8) is 0 Å². The molecule has 144 valence electrons. The molecule has 1 aliphatic rings. The van der Waals surface area contributed by atoms with Crippen LogP contribution in [-0.2, 0) is 6.42 Å². The molecule has 1 aromatic heterocycles. The van der Waals surface area contributed by atoms with Crippen molar-refractivity contribution in [1.82, 2.24) is 9.36 Å². The SMILES string of the molecule is CC(C)Oc1ccc(-c2nsc(-c3cccc4c3CC[C@@H]4N)n2)cc1C#N.Cl. The standard InChI is InChI=1S/C21H20N4OS.ClH/c1-12(2)26-19-9-6-13(10-14(19)11-22)20-24-21(27-25-20)17-5-3-4-16-15(17)7-8-18(16)23;/h3-6,9-10,12,18H,7-8,23H2,1-2H3;1H/t18-;/m0./s1. The van der Waals surface area contributed by atoms with Gasteiger partial charge in [0.25, 0.3) is 0 Å². The minimum Gasteiger partial charge on any atom is -0.490 e. The van der Waals surface area contributed by atoms with E-state index in [1.54, 1.807) is 6.07 Å². The fraction of sp³-hybridized carbons (Fsp3) is 0.286. The molecule has 0 amide bonds. The van der Waals surface area contributed by atoms with Crippen LogP contribution in [0, 0.1) is 11.3 Å². The monoisotopic (exact) mass is 412 g/mol. The van der Waals surface area contributed by atoms with E-state index in [2.05, 4.69) is 22.6 Å². The lowest BCUT2D eigenvalue weighted by Crippen LogP contribution is -2.06. The van der Waals surface area contributed by atoms with E-state index in [4.69, 9.17) is 15.5 Å². The topological polar surface area (TPSA) is 84.8 Å². The predicted molar refractivity (Wildman–Crippen MR) is 114 cm³/mol. The molecule has 0 fully saturated rings. The van der Waals surface area contributed by atoms with Gasteiger partial charge in [-0.3, -0.25) is 0 Å². The summed E-state index contributed by atoms with van der Waals surface area (Å²) in [6.45, 7) is 3.88. The van der Waals surface area contributed by atoms with E-state index in [9.17, 15) is 5.26 Å². The van der Waals surface area contributed by atoms with Crippen LogP contribution < -0.4 is 10.5 Å². The maximum Gasteiger partial charge on any atom is 0.173 e. The van der Waals surface area contributed by atoms with E-state index in [0.717, 1.165) is 29.0 Å². The fourth-order valence-electron chi connectivity index (χ4n) is 3.45. The van der Waals surface area contributed by atoms with Gasteiger partial charge in [-0.2, -0.15) is 9.64 Å². The van der Waals surface area contributed by atoms with Gasteiger partial charge >= 0.3 is 0 Å². The number of aromatic nitrogens is 2. The molecule has 3 aromatic rings. The summed E-state index contributed by atoms with van der Waals surface area (Å²) in [7, 11) is 0. The molecule has 5 nitrogen and oxygen atoms in total. The van der Waals surface area contributed by atoms with E-state index in [1.807, 2.05) is 32.0 Å². The van der Waals surface area contributed by atoms with Crippen LogP contribution in [-0.4, -0.2) is 15.5 Å². The van der Waals surface area contributed by atoms with Gasteiger partial charge in [-0.15, -0.1) is 12.4 Å². The summed E-state index contributed by atoms with van der Waals surface area (Å²) in [6, 6.07) is 14.0. The van der Waals surface area contributed by atoms with Crippen LogP contribution in [0.2, 0.25) is 0 Å². The Hall–Kier alpha value is -2.46. The second-order valence-corrected chi connectivity index (χ2v) is 7.68. The third-order valence-corrected chi connectivity index (χ3v) is 5.44. The van der Waals surface area contributed by atoms with Crippen molar-refractivity contribution in [2.45, 2.75) is 38.8 Å². The first kappa shape index (κ1) is 20.3. The molecule has 1 atom stereocenters. The molecule has 1 aliphatic carbocycles. The van der Waals surface area contributed by atoms with Crippen molar-refractivity contribution >= 4 is 23.9 Å². The van der Waals surface area contributed by atoms with Crippen LogP contribution in [0.3, 0.4) is 0 Å². The van der Waals surface area contributed by atoms with E-state index < -0.39 is 0 Å². The van der Waals surface area contributed by atoms with Crippen LogP contribution in [0.4, 0.5) is 0 Å². The number of ether oxygens (including phenoxy) is 1. The Morgan fingerprint density at radius 3 is 2.86 bits per heavy atom. The Labute approximate surface area is 174 Å². The van der Waals surface area contributed by atoms with Gasteiger partial charge in [0, 0.05) is 17.2 Å². The highest BCUT2D eigenvalue weighted by molar-refractivity contribution is 7.09. The summed E-state index contributed by atoms with van der Waals surface area (Å²) in [4.78, 5) is 4.74. The second kappa shape index (κ2) is 8.27. The molecule has 0 radical (unpaired) electrons. The lowest BCUT2D eigenvalue weighted by molar-refractivity contribution is 0.242. The largest absolute Gasteiger partial charge is 0.490 e. The second-order valence-electron chi connectivity index (χ2n) is 6.93. The number of benzene rings is 2. The number of nitrogens with zero attached hydrogens (tertiary/aromatic N) is 3. The molecule has 7 heteroatoms. The molecule has 4 rings (SSSR count). The highest BCUT2D eigenvalue weighted by atomic mass is 35.5. The summed E-state index contributed by atoms with van der Waals surface area (Å²) >= 11 is 1.38. The third-order valence-electron chi connectivity index (χ3n) is 4.69. The highest BCUT2D eigenvalue weighted by Crippen LogP contribution is 2.38. The van der Waals surface area contributed by atoms with Crippen molar-refractivity contribution in [2.75, 3.05) is 0 Å². The quantitative estimate of drug-likeness (QED) is 0.658. The summed E-state index contributed by atoms with van der Waals surface area (Å²) < 4.78 is 10.2. The number of nitrogens with two attached hydrogens (primary N) is 1. The van der Waals surface area contributed by atoms with Crippen molar-refractivity contribution in [3.8, 4) is 33.8 Å². The first-order valence-corrected chi connectivity index (χ1v) is 9.76. The van der Waals surface area contributed by atoms with Crippen molar-refractivity contribution in [3.05, 3.63) is 53.1 Å². The van der Waals surface area contributed by atoms with Crippen molar-refractivity contribution in [2.24, 2.45) is 5.73 Å². The molecular weight excluding hydrogens is 392 g/mol. The minimum absolute atomic E-state index is 0. The third kappa shape index (κ3) is 3.74. The molecule has 0 saturated carbocycles. The molecule has 28 heavy (non-hydrogen) atoms. The summed E-state index contributed by atoms with van der Waals surface area (Å²) in [5.41, 5.74) is 11.1. The Kier molecular flexibility index (Phi) is 5.99. The number of hydrogen-bond acceptors (Lipinski definition) is 6. The molecule has 0 unspecified atom stereocenters. The van der Waals surface area contributed by atoms with E-state index in [0.29, 0.717) is 17.1 Å². The summed E-state index contributed by atoms with van der Waals surface area (Å²) in [5, 5.41) is 10.3. The van der Waals surface area contributed by atoms with Gasteiger partial charge in [0.15, 0.2) is 5.82 Å². The first-order valence-electron chi connectivity index (χ1n) is 8.99. The van der Waals surface area contributed by atoms with E-state index in [-0.39, 0.29) is 24.6 Å². The Morgan fingerprint density at radius 1 is 1.29 bits per heavy atom. The van der Waals surface area contributed by atoms with Crippen LogP contribution in [0.1, 0.15) is 43.0 Å². The zero-order valence-electron chi connectivity index (χ0n) is 15.7. The molecular formula is C21H21ClN4OS. The predicted octanol–water partition coefficient (Wildman–Crippen LogP) is 4.90. The van der Waals surface area contributed by atoms with Crippen molar-refractivity contribution in [1.29, 1.82) is 5.26 Å². The minimum atomic E-state index is 0. The smallest absolute Gasteiger partial charge is 0.173 e. The highest BCUT2D eigenvalue weighted by Gasteiger charge is 2.23. The Balaban J connectivity index is 0.00000225. The number of hydrogen-bond donors (Lipinski definition) is 1. The fourth-order valence-corrected chi connectivity index (χ4v) is 4.19. The summed E-state index contributed by atoms with van der Waals surface area (Å²) in [6.07, 6.45) is 1.96. The lowest BCUT2D eigenvalue weighted by atomic mass is 10.0. The zero-order chi connectivity index (χ0) is 19.0. The average Bonchev–Trinajstić information content (AvgIpc) is 3.29. The molecule has 2 aromatic carbocycles. The maximum atomic E-state index is 9.44. The van der Waals surface area contributed by atoms with Gasteiger partial charge in [0.2, 0.25) is 0 Å². The van der Waals surface area contributed by atoms with Gasteiger partial charge < -0.3 is 10.5 Å². The Bertz CT molecular complexity index is 1040. The first-order chi connectivity index (χ1) is 13.1. The van der Waals surface area contributed by atoms with Gasteiger partial charge in [-0.05, 0) is 67.5 Å². The normalized spacial score (nSPS) is 15.0. The molecule has 0 aliphatic heterocycles. The molecule has 0 saturated heterocycles. The maximum absolute atomic E-state index is 9.44. The Morgan fingerprint density at radius 2 is 2.11 bits per heavy atom. The molecule has 0 spiro atoms. The molecule has 0 bridgehead atoms. The average molecular weight is 413 g/mol. The van der Waals surface area contributed by atoms with E-state index in [1.165, 1.54) is 22.7 Å². The van der Waals surface area contributed by atoms with Gasteiger partial charge in [-0.1, -0.05) is 18.2 Å². The van der Waals surface area contributed by atoms with Gasteiger partial charge in [0.05, 0.1) is 11.7 Å². The molecule has 2 N–H and O–H groups in total. The number of nitriles is 1. The van der Waals surface area contributed by atoms with E-state index >= 15 is 0 Å². The van der Waals surface area contributed by atoms with Crippen LogP contribution >= 0.6 is 23.9 Å². The number of fused-ring (bicyclic) bond motifs is 1. The van der Waals surface area contributed by atoms with Crippen LogP contribution in [0.5, 0.6) is 5.75 Å². The van der Waals surface area contributed by atoms with Gasteiger partial charge in [-0.25, -0.2) is 4.98 Å². The zero-order valence-corrected chi connectivity index (χ0v) is 17.3. The number of halogens is 1. The van der Waals surface area contributed by atoms with Crippen LogP contribution in [0.25, 0.3) is 22.0 Å².